The zero-order chi connectivity index (χ0) is 23.9. The minimum atomic E-state index is -0.349. The van der Waals surface area contributed by atoms with Gasteiger partial charge in [0.15, 0.2) is 5.82 Å². The Kier molecular flexibility index (Phi) is 4.79. The molecule has 0 bridgehead atoms. The molecule has 7 rings (SSSR count). The summed E-state index contributed by atoms with van der Waals surface area (Å²) in [4.78, 5) is 22.0. The summed E-state index contributed by atoms with van der Waals surface area (Å²) in [5, 5.41) is 10.8. The molecular weight excluding hydrogens is 482 g/mol. The van der Waals surface area contributed by atoms with Crippen LogP contribution in [0, 0.1) is 12.8 Å². The van der Waals surface area contributed by atoms with E-state index in [1.165, 1.54) is 10.4 Å². The van der Waals surface area contributed by atoms with Crippen LogP contribution in [0.3, 0.4) is 0 Å². The first-order chi connectivity index (χ1) is 17.0. The van der Waals surface area contributed by atoms with Gasteiger partial charge in [-0.15, -0.1) is 21.5 Å². The molecular formula is C26H26ClN5O2S. The number of hydrogen-bond acceptors (Lipinski definition) is 6. The van der Waals surface area contributed by atoms with Gasteiger partial charge in [0.1, 0.15) is 16.4 Å². The highest BCUT2D eigenvalue weighted by Gasteiger charge is 2.52. The van der Waals surface area contributed by atoms with Crippen molar-refractivity contribution >= 4 is 34.6 Å². The topological polar surface area (TPSA) is 72.6 Å². The number of hydrogen-bond donors (Lipinski definition) is 0. The van der Waals surface area contributed by atoms with Crippen molar-refractivity contribution in [2.75, 3.05) is 20.3 Å². The van der Waals surface area contributed by atoms with Gasteiger partial charge in [-0.2, -0.15) is 0 Å². The first kappa shape index (κ1) is 21.7. The number of nitrogens with zero attached hydrogens (tertiary/aromatic N) is 5. The van der Waals surface area contributed by atoms with Gasteiger partial charge in [0.2, 0.25) is 5.91 Å². The van der Waals surface area contributed by atoms with Gasteiger partial charge in [-0.1, -0.05) is 29.8 Å². The van der Waals surface area contributed by atoms with Gasteiger partial charge in [0, 0.05) is 40.6 Å². The first-order valence-electron chi connectivity index (χ1n) is 12.2. The molecule has 180 valence electrons. The standard InChI is InChI=1S/C26H26ClN5O2S/c1-14-29-30-25-26(8-9-26)28-22(17-5-3-4-6-19(17)27)21-18-11-15(12-20(18)35-24(21)32(14)25)23(33)31(2)16-7-10-34-13-16/h3-6,15-16H,7-13H2,1-2H3/t15-,16+/m0/s1. The van der Waals surface area contributed by atoms with E-state index >= 15 is 0 Å². The van der Waals surface area contributed by atoms with Gasteiger partial charge in [0.25, 0.3) is 0 Å². The Bertz CT molecular complexity index is 1400. The fourth-order valence-electron chi connectivity index (χ4n) is 5.82. The number of likely N-dealkylation sites (N-methyl/N-ethyl adjacent to an activating group) is 1. The highest BCUT2D eigenvalue weighted by atomic mass is 35.5. The zero-order valence-corrected chi connectivity index (χ0v) is 21.3. The molecule has 0 radical (unpaired) electrons. The Balaban J connectivity index is 1.36. The van der Waals surface area contributed by atoms with E-state index in [-0.39, 0.29) is 23.4 Å². The molecule has 2 aromatic heterocycles. The molecule has 0 N–H and O–H groups in total. The number of aromatic nitrogens is 3. The summed E-state index contributed by atoms with van der Waals surface area (Å²) in [6.45, 7) is 3.37. The van der Waals surface area contributed by atoms with E-state index in [9.17, 15) is 4.79 Å². The molecule has 3 aromatic rings. The molecule has 9 heteroatoms. The number of benzene rings is 1. The van der Waals surface area contributed by atoms with E-state index in [0.717, 1.165) is 65.8 Å². The van der Waals surface area contributed by atoms with Gasteiger partial charge >= 0.3 is 0 Å². The lowest BCUT2D eigenvalue weighted by atomic mass is 9.97. The molecule has 2 aliphatic heterocycles. The van der Waals surface area contributed by atoms with Crippen LogP contribution >= 0.6 is 22.9 Å². The molecule has 2 atom stereocenters. The molecule has 0 unspecified atom stereocenters. The summed E-state index contributed by atoms with van der Waals surface area (Å²) in [5.41, 5.74) is 3.85. The second-order valence-electron chi connectivity index (χ2n) is 10.1. The van der Waals surface area contributed by atoms with E-state index in [0.29, 0.717) is 18.1 Å². The number of carbonyl (C=O) groups is 1. The smallest absolute Gasteiger partial charge is 0.226 e. The number of fused-ring (bicyclic) bond motifs is 6. The Hall–Kier alpha value is -2.55. The maximum absolute atomic E-state index is 13.5. The number of thiophene rings is 1. The molecule has 2 fully saturated rings. The second-order valence-corrected chi connectivity index (χ2v) is 11.6. The predicted octanol–water partition coefficient (Wildman–Crippen LogP) is 4.09. The average Bonchev–Trinajstić information content (AvgIpc) is 3.27. The number of aliphatic imine (C=N–C) groups is 1. The van der Waals surface area contributed by atoms with E-state index in [4.69, 9.17) is 21.3 Å². The van der Waals surface area contributed by atoms with Crippen LogP contribution < -0.4 is 0 Å². The number of ether oxygens (including phenoxy) is 1. The van der Waals surface area contributed by atoms with E-state index in [1.807, 2.05) is 37.1 Å². The quantitative estimate of drug-likeness (QED) is 0.535. The Morgan fingerprint density at radius 3 is 2.83 bits per heavy atom. The minimum absolute atomic E-state index is 0.0562. The van der Waals surface area contributed by atoms with Crippen LogP contribution in [0.25, 0.3) is 5.00 Å². The highest BCUT2D eigenvalue weighted by Crippen LogP contribution is 2.54. The van der Waals surface area contributed by atoms with Crippen molar-refractivity contribution in [1.82, 2.24) is 19.7 Å². The summed E-state index contributed by atoms with van der Waals surface area (Å²) < 4.78 is 7.73. The summed E-state index contributed by atoms with van der Waals surface area (Å²) in [6.07, 6.45) is 4.27. The fraction of sp³-hybridized carbons (Fsp3) is 0.462. The van der Waals surface area contributed by atoms with Crippen LogP contribution in [0.1, 0.15) is 52.5 Å². The molecule has 1 amide bonds. The lowest BCUT2D eigenvalue weighted by molar-refractivity contribution is -0.136. The van der Waals surface area contributed by atoms with Gasteiger partial charge in [-0.3, -0.25) is 14.4 Å². The Morgan fingerprint density at radius 2 is 2.09 bits per heavy atom. The number of carbonyl (C=O) groups excluding carboxylic acids is 1. The van der Waals surface area contributed by atoms with Crippen molar-refractivity contribution in [2.45, 2.75) is 50.6 Å². The van der Waals surface area contributed by atoms with Crippen molar-refractivity contribution in [3.05, 3.63) is 62.5 Å². The van der Waals surface area contributed by atoms with Crippen LogP contribution in [-0.4, -0.2) is 57.6 Å². The largest absolute Gasteiger partial charge is 0.379 e. The third-order valence-corrected chi connectivity index (χ3v) is 9.53. The molecule has 1 saturated heterocycles. The fourth-order valence-corrected chi connectivity index (χ4v) is 7.50. The van der Waals surface area contributed by atoms with Gasteiger partial charge < -0.3 is 9.64 Å². The summed E-state index contributed by atoms with van der Waals surface area (Å²) in [7, 11) is 1.93. The number of halogens is 1. The molecule has 4 heterocycles. The molecule has 35 heavy (non-hydrogen) atoms. The maximum Gasteiger partial charge on any atom is 0.226 e. The number of rotatable bonds is 3. The van der Waals surface area contributed by atoms with Crippen molar-refractivity contribution in [2.24, 2.45) is 10.9 Å². The first-order valence-corrected chi connectivity index (χ1v) is 13.4. The maximum atomic E-state index is 13.5. The van der Waals surface area contributed by atoms with Crippen molar-refractivity contribution < 1.29 is 9.53 Å². The molecule has 1 spiro atoms. The molecule has 1 aromatic carbocycles. The van der Waals surface area contributed by atoms with Crippen molar-refractivity contribution in [3.63, 3.8) is 0 Å². The minimum Gasteiger partial charge on any atom is -0.379 e. The van der Waals surface area contributed by atoms with E-state index in [2.05, 4.69) is 20.8 Å². The Morgan fingerprint density at radius 1 is 1.26 bits per heavy atom. The van der Waals surface area contributed by atoms with E-state index < -0.39 is 0 Å². The van der Waals surface area contributed by atoms with Gasteiger partial charge in [0.05, 0.1) is 18.4 Å². The predicted molar refractivity (Wildman–Crippen MR) is 135 cm³/mol. The van der Waals surface area contributed by atoms with Crippen LogP contribution in [-0.2, 0) is 27.9 Å². The van der Waals surface area contributed by atoms with E-state index in [1.54, 1.807) is 11.3 Å². The summed E-state index contributed by atoms with van der Waals surface area (Å²) in [5.74, 6) is 1.95. The molecule has 2 aliphatic carbocycles. The van der Waals surface area contributed by atoms with Gasteiger partial charge in [-0.05, 0) is 50.7 Å². The second kappa shape index (κ2) is 7.72. The van der Waals surface area contributed by atoms with Crippen LogP contribution in [0.5, 0.6) is 0 Å². The number of aryl methyl sites for hydroxylation is 1. The molecule has 7 nitrogen and oxygen atoms in total. The third kappa shape index (κ3) is 3.19. The Labute approximate surface area is 212 Å². The third-order valence-electron chi connectivity index (χ3n) is 7.96. The highest BCUT2D eigenvalue weighted by molar-refractivity contribution is 7.15. The number of amides is 1. The lowest BCUT2D eigenvalue weighted by Gasteiger charge is -2.26. The van der Waals surface area contributed by atoms with Crippen molar-refractivity contribution in [1.29, 1.82) is 0 Å². The van der Waals surface area contributed by atoms with Crippen molar-refractivity contribution in [3.8, 4) is 5.00 Å². The van der Waals surface area contributed by atoms with Gasteiger partial charge in [-0.25, -0.2) is 0 Å². The SMILES string of the molecule is Cc1nnc2n1-c1sc3c(c1C(c1ccccc1Cl)=NC21CC1)C[C@H](C(=O)N(C)[C@@H]1CCOC1)C3. The summed E-state index contributed by atoms with van der Waals surface area (Å²) in [6, 6.07) is 8.11. The normalized spacial score (nSPS) is 23.5. The molecule has 1 saturated carbocycles. The monoisotopic (exact) mass is 507 g/mol. The average molecular weight is 508 g/mol. The van der Waals surface area contributed by atoms with Crippen LogP contribution in [0.2, 0.25) is 5.02 Å². The molecule has 4 aliphatic rings. The van der Waals surface area contributed by atoms with Crippen LogP contribution in [0.15, 0.2) is 29.3 Å². The van der Waals surface area contributed by atoms with Crippen LogP contribution in [0.4, 0.5) is 0 Å². The summed E-state index contributed by atoms with van der Waals surface area (Å²) >= 11 is 8.49. The lowest BCUT2D eigenvalue weighted by Crippen LogP contribution is -2.41. The zero-order valence-electron chi connectivity index (χ0n) is 19.8.